The third-order valence-electron chi connectivity index (χ3n) is 6.09. The number of halogens is 1. The maximum absolute atomic E-state index is 13.6. The van der Waals surface area contributed by atoms with Crippen LogP contribution >= 0.6 is 0 Å². The van der Waals surface area contributed by atoms with Crippen LogP contribution in [0.1, 0.15) is 10.4 Å². The van der Waals surface area contributed by atoms with Crippen LogP contribution < -0.4 is 9.64 Å². The molecule has 0 bridgehead atoms. The Balaban J connectivity index is 1.42. The third kappa shape index (κ3) is 4.37. The highest BCUT2D eigenvalue weighted by atomic mass is 19.1. The van der Waals surface area contributed by atoms with Crippen molar-refractivity contribution in [3.05, 3.63) is 96.4 Å². The molecule has 1 saturated heterocycles. The fourth-order valence-corrected chi connectivity index (χ4v) is 4.20. The van der Waals surface area contributed by atoms with Crippen LogP contribution in [0.25, 0.3) is 16.9 Å². The van der Waals surface area contributed by atoms with Gasteiger partial charge in [-0.15, -0.1) is 0 Å². The number of hydrogen-bond acceptors (Lipinski definition) is 4. The minimum absolute atomic E-state index is 0.0493. The molecule has 0 saturated carbocycles. The second kappa shape index (κ2) is 9.39. The van der Waals surface area contributed by atoms with Crippen LogP contribution in [-0.2, 0) is 0 Å². The Labute approximate surface area is 197 Å². The minimum Gasteiger partial charge on any atom is -0.497 e. The molecule has 0 spiro atoms. The number of anilines is 1. The lowest BCUT2D eigenvalue weighted by atomic mass is 10.1. The van der Waals surface area contributed by atoms with E-state index in [0.717, 1.165) is 22.7 Å². The Bertz CT molecular complexity index is 1260. The van der Waals surface area contributed by atoms with Crippen molar-refractivity contribution in [2.45, 2.75) is 0 Å². The number of rotatable bonds is 5. The zero-order chi connectivity index (χ0) is 23.5. The van der Waals surface area contributed by atoms with E-state index in [0.29, 0.717) is 37.4 Å². The van der Waals surface area contributed by atoms with Crippen molar-refractivity contribution >= 4 is 11.6 Å². The largest absolute Gasteiger partial charge is 0.497 e. The normalized spacial score (nSPS) is 13.7. The van der Waals surface area contributed by atoms with Gasteiger partial charge in [-0.3, -0.25) is 4.79 Å². The Morgan fingerprint density at radius 2 is 1.53 bits per heavy atom. The smallest absolute Gasteiger partial charge is 0.257 e. The summed E-state index contributed by atoms with van der Waals surface area (Å²) in [5.41, 5.74) is 3.90. The molecule has 0 radical (unpaired) electrons. The molecule has 1 aliphatic heterocycles. The molecular formula is C27H25FN4O2. The Kier molecular flexibility index (Phi) is 5.99. The fourth-order valence-electron chi connectivity index (χ4n) is 4.20. The summed E-state index contributed by atoms with van der Waals surface area (Å²) in [6.45, 7) is 2.52. The number of methoxy groups -OCH3 is 1. The van der Waals surface area contributed by atoms with E-state index < -0.39 is 0 Å². The fraction of sp³-hybridized carbons (Fsp3) is 0.185. The summed E-state index contributed by atoms with van der Waals surface area (Å²) in [6.07, 6.45) is 1.81. The molecule has 172 valence electrons. The minimum atomic E-state index is -0.251. The summed E-state index contributed by atoms with van der Waals surface area (Å²) in [4.78, 5) is 17.7. The molecule has 2 heterocycles. The lowest BCUT2D eigenvalue weighted by Gasteiger charge is -2.36. The number of benzene rings is 3. The first-order valence-corrected chi connectivity index (χ1v) is 11.2. The Morgan fingerprint density at radius 1 is 0.853 bits per heavy atom. The lowest BCUT2D eigenvalue weighted by molar-refractivity contribution is 0.0747. The van der Waals surface area contributed by atoms with Gasteiger partial charge >= 0.3 is 0 Å². The van der Waals surface area contributed by atoms with Crippen molar-refractivity contribution < 1.29 is 13.9 Å². The van der Waals surface area contributed by atoms with Gasteiger partial charge in [-0.2, -0.15) is 5.10 Å². The van der Waals surface area contributed by atoms with Gasteiger partial charge in [-0.1, -0.05) is 18.2 Å². The van der Waals surface area contributed by atoms with Crippen molar-refractivity contribution in [3.63, 3.8) is 0 Å². The van der Waals surface area contributed by atoms with E-state index in [9.17, 15) is 9.18 Å². The molecule has 0 aliphatic carbocycles. The van der Waals surface area contributed by atoms with Gasteiger partial charge in [0.25, 0.3) is 5.91 Å². The van der Waals surface area contributed by atoms with Gasteiger partial charge in [0.2, 0.25) is 0 Å². The Morgan fingerprint density at radius 3 is 2.18 bits per heavy atom. The molecule has 1 aliphatic rings. The molecule has 0 N–H and O–H groups in total. The van der Waals surface area contributed by atoms with Crippen molar-refractivity contribution in [2.75, 3.05) is 38.2 Å². The predicted molar refractivity (Wildman–Crippen MR) is 130 cm³/mol. The second-order valence-electron chi connectivity index (χ2n) is 8.16. The number of amides is 1. The number of para-hydroxylation sites is 1. The zero-order valence-corrected chi connectivity index (χ0v) is 18.9. The van der Waals surface area contributed by atoms with Crippen LogP contribution in [0.3, 0.4) is 0 Å². The van der Waals surface area contributed by atoms with Gasteiger partial charge < -0.3 is 14.5 Å². The first kappa shape index (κ1) is 21.7. The molecule has 3 aromatic carbocycles. The third-order valence-corrected chi connectivity index (χ3v) is 6.09. The van der Waals surface area contributed by atoms with E-state index in [1.54, 1.807) is 23.9 Å². The van der Waals surface area contributed by atoms with Crippen LogP contribution in [0.2, 0.25) is 0 Å². The highest BCUT2D eigenvalue weighted by Crippen LogP contribution is 2.27. The average Bonchev–Trinajstić information content (AvgIpc) is 3.35. The monoisotopic (exact) mass is 456 g/mol. The highest BCUT2D eigenvalue weighted by molar-refractivity contribution is 6.00. The predicted octanol–water partition coefficient (Wildman–Crippen LogP) is 4.65. The van der Waals surface area contributed by atoms with Crippen LogP contribution in [0.4, 0.5) is 10.1 Å². The molecule has 4 aromatic rings. The molecule has 34 heavy (non-hydrogen) atoms. The summed E-state index contributed by atoms with van der Waals surface area (Å²) < 4.78 is 20.3. The van der Waals surface area contributed by atoms with Gasteiger partial charge in [-0.25, -0.2) is 9.07 Å². The van der Waals surface area contributed by atoms with E-state index in [4.69, 9.17) is 9.84 Å². The molecular weight excluding hydrogens is 431 g/mol. The molecule has 5 rings (SSSR count). The molecule has 1 fully saturated rings. The molecule has 1 amide bonds. The maximum atomic E-state index is 13.6. The van der Waals surface area contributed by atoms with Gasteiger partial charge in [0.15, 0.2) is 0 Å². The van der Waals surface area contributed by atoms with Crippen molar-refractivity contribution in [1.82, 2.24) is 14.7 Å². The molecule has 0 atom stereocenters. The first-order valence-electron chi connectivity index (χ1n) is 11.2. The quantitative estimate of drug-likeness (QED) is 0.439. The topological polar surface area (TPSA) is 50.6 Å². The molecule has 0 unspecified atom stereocenters. The van der Waals surface area contributed by atoms with Gasteiger partial charge in [0.1, 0.15) is 17.3 Å². The van der Waals surface area contributed by atoms with Crippen LogP contribution in [0.5, 0.6) is 5.75 Å². The van der Waals surface area contributed by atoms with E-state index >= 15 is 0 Å². The van der Waals surface area contributed by atoms with Crippen molar-refractivity contribution in [1.29, 1.82) is 0 Å². The summed E-state index contributed by atoms with van der Waals surface area (Å²) in [5.74, 6) is 0.446. The lowest BCUT2D eigenvalue weighted by Crippen LogP contribution is -2.48. The van der Waals surface area contributed by atoms with Crippen LogP contribution in [0.15, 0.2) is 85.1 Å². The average molecular weight is 457 g/mol. The van der Waals surface area contributed by atoms with E-state index in [2.05, 4.69) is 4.90 Å². The van der Waals surface area contributed by atoms with Gasteiger partial charge in [0, 0.05) is 43.6 Å². The summed E-state index contributed by atoms with van der Waals surface area (Å²) in [6, 6.07) is 23.8. The molecule has 6 nitrogen and oxygen atoms in total. The highest BCUT2D eigenvalue weighted by Gasteiger charge is 2.27. The van der Waals surface area contributed by atoms with Crippen LogP contribution in [-0.4, -0.2) is 53.9 Å². The SMILES string of the molecule is COc1ccc(-c2nn(-c3ccccc3)cc2C(=O)N2CCN(c3ccc(F)cc3)CC2)cc1. The Hall–Kier alpha value is -4.13. The van der Waals surface area contributed by atoms with E-state index in [-0.39, 0.29) is 11.7 Å². The molecule has 7 heteroatoms. The first-order chi connectivity index (χ1) is 16.6. The number of hydrogen-bond donors (Lipinski definition) is 0. The summed E-state index contributed by atoms with van der Waals surface area (Å²) in [5, 5.41) is 4.78. The zero-order valence-electron chi connectivity index (χ0n) is 18.9. The molecule has 1 aromatic heterocycles. The number of ether oxygens (including phenoxy) is 1. The number of carbonyl (C=O) groups is 1. The second-order valence-corrected chi connectivity index (χ2v) is 8.16. The van der Waals surface area contributed by atoms with Gasteiger partial charge in [-0.05, 0) is 60.7 Å². The van der Waals surface area contributed by atoms with Crippen molar-refractivity contribution in [3.8, 4) is 22.7 Å². The number of carbonyl (C=O) groups excluding carboxylic acids is 1. The number of piperazine rings is 1. The standard InChI is InChI=1S/C27H25FN4O2/c1-34-24-13-7-20(8-14-24)26-25(19-32(29-26)23-5-3-2-4-6-23)27(33)31-17-15-30(16-18-31)22-11-9-21(28)10-12-22/h2-14,19H,15-18H2,1H3. The number of aromatic nitrogens is 2. The summed E-state index contributed by atoms with van der Waals surface area (Å²) in [7, 11) is 1.62. The summed E-state index contributed by atoms with van der Waals surface area (Å²) >= 11 is 0. The van der Waals surface area contributed by atoms with E-state index in [1.807, 2.05) is 65.7 Å². The maximum Gasteiger partial charge on any atom is 0.257 e. The van der Waals surface area contributed by atoms with Crippen molar-refractivity contribution in [2.24, 2.45) is 0 Å². The van der Waals surface area contributed by atoms with E-state index in [1.165, 1.54) is 12.1 Å². The van der Waals surface area contributed by atoms with Gasteiger partial charge in [0.05, 0.1) is 18.4 Å². The van der Waals surface area contributed by atoms with Crippen LogP contribution in [0, 0.1) is 5.82 Å². The number of nitrogens with zero attached hydrogens (tertiary/aromatic N) is 4.